The lowest BCUT2D eigenvalue weighted by molar-refractivity contribution is -0.121. The van der Waals surface area contributed by atoms with Gasteiger partial charge in [-0.2, -0.15) is 0 Å². The molecule has 0 atom stereocenters. The van der Waals surface area contributed by atoms with Crippen molar-refractivity contribution < 1.29 is 14.6 Å². The number of nitrogens with one attached hydrogen (secondary N) is 1. The quantitative estimate of drug-likeness (QED) is 0.702. The molecule has 0 aromatic heterocycles. The third-order valence-corrected chi connectivity index (χ3v) is 2.34. The molecule has 0 spiro atoms. The second-order valence-corrected chi connectivity index (χ2v) is 3.79. The van der Waals surface area contributed by atoms with Crippen LogP contribution in [0.4, 0.5) is 0 Å². The van der Waals surface area contributed by atoms with Crippen LogP contribution >= 0.6 is 0 Å². The number of hydrogen-bond donors (Lipinski definition) is 2. The van der Waals surface area contributed by atoms with Gasteiger partial charge in [-0.1, -0.05) is 18.2 Å². The molecular formula is C13H19NO3. The normalized spacial score (nSPS) is 10.0. The van der Waals surface area contributed by atoms with Crippen molar-refractivity contribution >= 4 is 5.91 Å². The van der Waals surface area contributed by atoms with Crippen LogP contribution in [0.1, 0.15) is 18.4 Å². The minimum Gasteiger partial charge on any atom is -0.493 e. The van der Waals surface area contributed by atoms with Gasteiger partial charge in [0, 0.05) is 13.2 Å². The Balaban J connectivity index is 2.19. The Hall–Kier alpha value is -1.55. The van der Waals surface area contributed by atoms with Crippen LogP contribution in [0.3, 0.4) is 0 Å². The van der Waals surface area contributed by atoms with Gasteiger partial charge in [0.25, 0.3) is 0 Å². The van der Waals surface area contributed by atoms with E-state index < -0.39 is 0 Å². The Morgan fingerprint density at radius 1 is 1.41 bits per heavy atom. The molecule has 0 unspecified atom stereocenters. The molecule has 1 aromatic rings. The average Bonchev–Trinajstić information content (AvgIpc) is 2.32. The summed E-state index contributed by atoms with van der Waals surface area (Å²) in [7, 11) is 0. The van der Waals surface area contributed by atoms with E-state index >= 15 is 0 Å². The van der Waals surface area contributed by atoms with Crippen molar-refractivity contribution in [2.24, 2.45) is 0 Å². The fraction of sp³-hybridized carbons (Fsp3) is 0.462. The fourth-order valence-corrected chi connectivity index (χ4v) is 1.37. The molecule has 1 aromatic carbocycles. The summed E-state index contributed by atoms with van der Waals surface area (Å²) in [5.74, 6) is 0.766. The monoisotopic (exact) mass is 237 g/mol. The minimum atomic E-state index is -0.0490. The summed E-state index contributed by atoms with van der Waals surface area (Å²) < 4.78 is 5.50. The van der Waals surface area contributed by atoms with E-state index in [4.69, 9.17) is 9.84 Å². The molecule has 0 radical (unpaired) electrons. The number of benzene rings is 1. The number of rotatable bonds is 7. The van der Waals surface area contributed by atoms with Crippen molar-refractivity contribution in [3.8, 4) is 5.75 Å². The molecule has 17 heavy (non-hydrogen) atoms. The van der Waals surface area contributed by atoms with Gasteiger partial charge in [0.2, 0.25) is 5.91 Å². The Morgan fingerprint density at radius 3 is 2.88 bits per heavy atom. The van der Waals surface area contributed by atoms with E-state index in [1.165, 1.54) is 0 Å². The highest BCUT2D eigenvalue weighted by Crippen LogP contribution is 2.15. The summed E-state index contributed by atoms with van der Waals surface area (Å²) in [5, 5.41) is 11.3. The summed E-state index contributed by atoms with van der Waals surface area (Å²) >= 11 is 0. The van der Waals surface area contributed by atoms with Gasteiger partial charge in [-0.05, 0) is 25.0 Å². The number of amides is 1. The molecule has 1 amide bonds. The molecule has 0 saturated carbocycles. The number of aliphatic hydroxyl groups excluding tert-OH is 1. The minimum absolute atomic E-state index is 0.0490. The first-order valence-electron chi connectivity index (χ1n) is 5.80. The largest absolute Gasteiger partial charge is 0.493 e. The smallest absolute Gasteiger partial charge is 0.223 e. The first-order chi connectivity index (χ1) is 8.24. The van der Waals surface area contributed by atoms with E-state index in [0.717, 1.165) is 11.3 Å². The molecule has 2 N–H and O–H groups in total. The average molecular weight is 237 g/mol. The van der Waals surface area contributed by atoms with E-state index in [0.29, 0.717) is 26.0 Å². The standard InChI is InChI=1S/C13H19NO3/c1-11-5-2-3-6-12(11)17-10-7-13(16)14-8-4-9-15/h2-3,5-6,15H,4,7-10H2,1H3,(H,14,16). The van der Waals surface area contributed by atoms with Gasteiger partial charge in [-0.25, -0.2) is 0 Å². The third-order valence-electron chi connectivity index (χ3n) is 2.34. The van der Waals surface area contributed by atoms with Gasteiger partial charge in [0.05, 0.1) is 13.0 Å². The maximum Gasteiger partial charge on any atom is 0.223 e. The van der Waals surface area contributed by atoms with Crippen molar-refractivity contribution in [3.05, 3.63) is 29.8 Å². The van der Waals surface area contributed by atoms with Gasteiger partial charge in [0.15, 0.2) is 0 Å². The number of aryl methyl sites for hydroxylation is 1. The molecule has 0 aliphatic rings. The number of carbonyl (C=O) groups is 1. The number of para-hydroxylation sites is 1. The zero-order valence-corrected chi connectivity index (χ0v) is 10.1. The lowest BCUT2D eigenvalue weighted by Gasteiger charge is -2.08. The molecule has 94 valence electrons. The van der Waals surface area contributed by atoms with Crippen molar-refractivity contribution in [1.82, 2.24) is 5.32 Å². The van der Waals surface area contributed by atoms with Gasteiger partial charge in [-0.15, -0.1) is 0 Å². The highest BCUT2D eigenvalue weighted by Gasteiger charge is 2.02. The van der Waals surface area contributed by atoms with Crippen molar-refractivity contribution in [1.29, 1.82) is 0 Å². The maximum absolute atomic E-state index is 11.3. The Kier molecular flexibility index (Phi) is 6.10. The van der Waals surface area contributed by atoms with Gasteiger partial charge in [-0.3, -0.25) is 4.79 Å². The predicted octanol–water partition coefficient (Wildman–Crippen LogP) is 1.26. The molecule has 4 nitrogen and oxygen atoms in total. The van der Waals surface area contributed by atoms with E-state index in [9.17, 15) is 4.79 Å². The summed E-state index contributed by atoms with van der Waals surface area (Å²) in [4.78, 5) is 11.3. The van der Waals surface area contributed by atoms with E-state index in [2.05, 4.69) is 5.32 Å². The molecule has 0 aliphatic carbocycles. The van der Waals surface area contributed by atoms with Crippen LogP contribution in [0.2, 0.25) is 0 Å². The van der Waals surface area contributed by atoms with Crippen LogP contribution in [0.15, 0.2) is 24.3 Å². The van der Waals surface area contributed by atoms with Crippen LogP contribution < -0.4 is 10.1 Å². The van der Waals surface area contributed by atoms with Gasteiger partial charge >= 0.3 is 0 Å². The van der Waals surface area contributed by atoms with Crippen LogP contribution in [-0.2, 0) is 4.79 Å². The number of aliphatic hydroxyl groups is 1. The molecule has 4 heteroatoms. The van der Waals surface area contributed by atoms with E-state index in [1.807, 2.05) is 31.2 Å². The SMILES string of the molecule is Cc1ccccc1OCCC(=O)NCCCO. The number of carbonyl (C=O) groups excluding carboxylic acids is 1. The van der Waals surface area contributed by atoms with Gasteiger partial charge in [0.1, 0.15) is 5.75 Å². The maximum atomic E-state index is 11.3. The molecule has 0 heterocycles. The molecule has 1 rings (SSSR count). The van der Waals surface area contributed by atoms with Crippen molar-refractivity contribution in [2.45, 2.75) is 19.8 Å². The van der Waals surface area contributed by atoms with Crippen LogP contribution in [0.25, 0.3) is 0 Å². The molecule has 0 bridgehead atoms. The Morgan fingerprint density at radius 2 is 2.18 bits per heavy atom. The van der Waals surface area contributed by atoms with Crippen molar-refractivity contribution in [3.63, 3.8) is 0 Å². The van der Waals surface area contributed by atoms with Crippen LogP contribution in [0.5, 0.6) is 5.75 Å². The Labute approximate surface area is 102 Å². The molecule has 0 aliphatic heterocycles. The second kappa shape index (κ2) is 7.68. The third kappa shape index (κ3) is 5.36. The summed E-state index contributed by atoms with van der Waals surface area (Å²) in [6, 6.07) is 7.71. The zero-order chi connectivity index (χ0) is 12.5. The zero-order valence-electron chi connectivity index (χ0n) is 10.1. The van der Waals surface area contributed by atoms with Crippen LogP contribution in [-0.4, -0.2) is 30.8 Å². The highest BCUT2D eigenvalue weighted by atomic mass is 16.5. The summed E-state index contributed by atoms with van der Waals surface area (Å²) in [6.07, 6.45) is 0.921. The number of hydrogen-bond acceptors (Lipinski definition) is 3. The molecule has 0 saturated heterocycles. The molecular weight excluding hydrogens is 218 g/mol. The first-order valence-corrected chi connectivity index (χ1v) is 5.80. The van der Waals surface area contributed by atoms with Gasteiger partial charge < -0.3 is 15.2 Å². The first kappa shape index (κ1) is 13.5. The van der Waals surface area contributed by atoms with E-state index in [1.54, 1.807) is 0 Å². The van der Waals surface area contributed by atoms with E-state index in [-0.39, 0.29) is 12.5 Å². The Bertz CT molecular complexity index is 352. The molecule has 0 fully saturated rings. The second-order valence-electron chi connectivity index (χ2n) is 3.79. The fourth-order valence-electron chi connectivity index (χ4n) is 1.37. The summed E-state index contributed by atoms with van der Waals surface area (Å²) in [6.45, 7) is 2.95. The highest BCUT2D eigenvalue weighted by molar-refractivity contribution is 5.75. The topological polar surface area (TPSA) is 58.6 Å². The predicted molar refractivity (Wildman–Crippen MR) is 66.0 cm³/mol. The van der Waals surface area contributed by atoms with Crippen molar-refractivity contribution in [2.75, 3.05) is 19.8 Å². The number of ether oxygens (including phenoxy) is 1. The lowest BCUT2D eigenvalue weighted by atomic mass is 10.2. The summed E-state index contributed by atoms with van der Waals surface area (Å²) in [5.41, 5.74) is 1.06. The van der Waals surface area contributed by atoms with Crippen LogP contribution in [0, 0.1) is 6.92 Å². The lowest BCUT2D eigenvalue weighted by Crippen LogP contribution is -2.26.